The van der Waals surface area contributed by atoms with Crippen molar-refractivity contribution in [3.63, 3.8) is 0 Å². The monoisotopic (exact) mass is 1950 g/mol. The van der Waals surface area contributed by atoms with Crippen LogP contribution in [0.3, 0.4) is 0 Å². The summed E-state index contributed by atoms with van der Waals surface area (Å²) in [5, 5.41) is 101. The van der Waals surface area contributed by atoms with E-state index in [2.05, 4.69) is 95.7 Å². The van der Waals surface area contributed by atoms with Crippen LogP contribution in [-0.2, 0) is 96.0 Å². The highest BCUT2D eigenvalue weighted by Gasteiger charge is 2.40. The summed E-state index contributed by atoms with van der Waals surface area (Å²) in [5.74, 6) is -17.1. The average molecular weight is 1950 g/mol. The summed E-state index contributed by atoms with van der Waals surface area (Å²) in [6.45, 7) is 16.1. The van der Waals surface area contributed by atoms with Crippen molar-refractivity contribution in [3.05, 3.63) is 89.5 Å². The fourth-order valence-corrected chi connectivity index (χ4v) is 14.4. The maximum atomic E-state index is 15.0. The molecule has 3 aromatic rings. The molecule has 0 aliphatic rings. The van der Waals surface area contributed by atoms with E-state index in [0.717, 1.165) is 0 Å². The Bertz CT molecular complexity index is 4520. The van der Waals surface area contributed by atoms with Crippen molar-refractivity contribution < 1.29 is 92.0 Å². The highest BCUT2D eigenvalue weighted by atomic mass is 16.3. The maximum absolute atomic E-state index is 15.0. The molecule has 0 saturated heterocycles. The van der Waals surface area contributed by atoms with E-state index in [9.17, 15) is 92.0 Å². The quantitative estimate of drug-likeness (QED) is 0.0145. The van der Waals surface area contributed by atoms with Gasteiger partial charge < -0.3 is 151 Å². The van der Waals surface area contributed by atoms with E-state index in [1.807, 2.05) is 0 Å². The number of carbonyl (C=O) groups is 16. The lowest BCUT2D eigenvalue weighted by Crippen LogP contribution is -2.61. The third-order valence-corrected chi connectivity index (χ3v) is 23.3. The van der Waals surface area contributed by atoms with E-state index in [1.165, 1.54) is 100 Å². The van der Waals surface area contributed by atoms with Gasteiger partial charge in [-0.2, -0.15) is 0 Å². The number of phenols is 3. The number of primary amides is 1. The molecular weight excluding hydrogens is 1800 g/mol. The Balaban J connectivity index is 2.02. The molecule has 0 radical (unpaired) electrons. The Morgan fingerprint density at radius 1 is 0.273 bits per heavy atom. The molecule has 0 heterocycles. The first-order valence-electron chi connectivity index (χ1n) is 47.3. The summed E-state index contributed by atoms with van der Waals surface area (Å²) in [4.78, 5) is 228. The van der Waals surface area contributed by atoms with E-state index in [1.54, 1.807) is 41.5 Å². The Hall–Kier alpha value is -13.7. The van der Waals surface area contributed by atoms with E-state index >= 15 is 0 Å². The second-order valence-corrected chi connectivity index (χ2v) is 34.9. The lowest BCUT2D eigenvalue weighted by Gasteiger charge is -2.30. The summed E-state index contributed by atoms with van der Waals surface area (Å²) in [6, 6.07) is -3.98. The molecular formula is C92H152N28O19. The van der Waals surface area contributed by atoms with E-state index in [0.29, 0.717) is 61.8 Å². The first-order chi connectivity index (χ1) is 65.8. The molecule has 0 bridgehead atoms. The van der Waals surface area contributed by atoms with E-state index < -0.39 is 215 Å². The highest BCUT2D eigenvalue weighted by molar-refractivity contribution is 6.01. The zero-order chi connectivity index (χ0) is 104. The van der Waals surface area contributed by atoms with Crippen LogP contribution in [0.2, 0.25) is 0 Å². The van der Waals surface area contributed by atoms with Gasteiger partial charge in [0.15, 0.2) is 17.9 Å². The van der Waals surface area contributed by atoms with Crippen LogP contribution in [0, 0.1) is 34.0 Å². The van der Waals surface area contributed by atoms with Crippen molar-refractivity contribution in [1.29, 1.82) is 16.2 Å². The standard InChI is InChI=1S/C92H152N28O19/c1-11-50(4)72(87(137)106-53(7)76(126)115-69(75(96)125)47-57-29-35-60(122)36-30-57)119-83(133)67(27-21-45-104-91(99)100)111-80(130)64(24-15-18-42-94)113-86(136)71(49-59-33-39-62(124)40-34-59)117-78(128)55(9)108-89(139)74(52(6)13-3)120-84(134)68(28-22-46-105-92(101)102)112-81(131)65(25-16-19-43-95)114-85(135)70(48-58-31-37-61(123)38-32-58)116-77(127)54(8)107-88(138)73(51(5)12-2)118-82(132)66(26-20-44-103-90(97)98)110-79(129)63(109-56(10)121)23-14-17-41-93/h29-40,50-55,63-74,122-124H,11-28,41-49,93-95H2,1-10H3,(H2,96,125)(H,106,137)(H,107,138)(H,108,139)(H,109,121)(H,110,129)(H,111,130)(H,112,131)(H,113,136)(H,114,135)(H,115,126)(H,116,127)(H,117,128)(H,118,132)(H,119,133)(H,120,134)(H4,97,98,103)(H4,99,100,104)(H4,101,102,105)/t50-,51-,52-,53-,54-,55-,63-,64-,65-,66-,67-,68-,69-,70-,71-,72-,73-,74-/m0/s1. The summed E-state index contributed by atoms with van der Waals surface area (Å²) >= 11 is 0. The number of hydrogen-bond donors (Lipinski definition) is 31. The van der Waals surface area contributed by atoms with Crippen LogP contribution >= 0.6 is 0 Å². The van der Waals surface area contributed by atoms with Gasteiger partial charge in [0.1, 0.15) is 108 Å². The highest BCUT2D eigenvalue weighted by Crippen LogP contribution is 2.20. The van der Waals surface area contributed by atoms with Gasteiger partial charge in [-0.25, -0.2) is 0 Å². The Labute approximate surface area is 811 Å². The van der Waals surface area contributed by atoms with Crippen molar-refractivity contribution in [1.82, 2.24) is 95.7 Å². The molecule has 0 unspecified atom stereocenters. The molecule has 0 aliphatic carbocycles. The van der Waals surface area contributed by atoms with Crippen molar-refractivity contribution in [2.75, 3.05) is 39.3 Å². The van der Waals surface area contributed by atoms with Crippen molar-refractivity contribution in [3.8, 4) is 17.2 Å². The largest absolute Gasteiger partial charge is 0.508 e. The number of benzene rings is 3. The summed E-state index contributed by atoms with van der Waals surface area (Å²) in [6.07, 6.45) is 2.32. The van der Waals surface area contributed by atoms with Crippen LogP contribution in [0.25, 0.3) is 0 Å². The molecule has 16 amide bonds. The third-order valence-electron chi connectivity index (χ3n) is 23.3. The number of phenolic OH excluding ortho intramolecular Hbond substituents is 3. The topological polar surface area (TPSA) is 804 Å². The third kappa shape index (κ3) is 45.4. The van der Waals surface area contributed by atoms with Gasteiger partial charge in [0.05, 0.1) is 0 Å². The molecule has 47 nitrogen and oxygen atoms in total. The number of carbonyl (C=O) groups excluding carboxylic acids is 16. The first-order valence-corrected chi connectivity index (χ1v) is 47.3. The molecule has 0 aromatic heterocycles. The van der Waals surface area contributed by atoms with Gasteiger partial charge >= 0.3 is 0 Å². The Morgan fingerprint density at radius 3 is 0.705 bits per heavy atom. The number of hydrogen-bond acceptors (Lipinski definition) is 25. The van der Waals surface area contributed by atoms with Gasteiger partial charge in [-0.05, 0) is 208 Å². The SMILES string of the molecule is CC[C@H](C)[C@H](NC(=O)[C@H](CCCNC(=N)N)NC(=O)[C@H](CCCCN)NC(C)=O)C(=O)N[C@@H](C)C(=O)N[C@@H](Cc1ccc(O)cc1)C(=O)N[C@@H](CCCCN)C(=O)N[C@@H](CCCNC(=N)N)C(=O)N[C@H](C(=O)N[C@@H](C)C(=O)N[C@@H](Cc1ccc(O)cc1)C(=O)N[C@@H](CCCCN)C(=O)N[C@@H](CCCNC(=N)N)C(=O)N[C@H](C(=O)N[C@@H](C)C(=O)N[C@@H](Cc1ccc(O)cc1)C(N)=O)[C@@H](C)CC)[C@@H](C)CC. The predicted octanol–water partition coefficient (Wildman–Crippen LogP) is -4.02. The summed E-state index contributed by atoms with van der Waals surface area (Å²) in [5.41, 5.74) is 41.2. The molecule has 0 aliphatic heterocycles. The van der Waals surface area contributed by atoms with Gasteiger partial charge in [0.25, 0.3) is 0 Å². The van der Waals surface area contributed by atoms with Crippen molar-refractivity contribution >= 4 is 112 Å². The minimum Gasteiger partial charge on any atom is -0.508 e. The molecule has 3 rings (SSSR count). The molecule has 47 heteroatoms. The molecule has 18 atom stereocenters. The number of guanidine groups is 3. The van der Waals surface area contributed by atoms with Gasteiger partial charge in [-0.1, -0.05) is 97.2 Å². The zero-order valence-corrected chi connectivity index (χ0v) is 81.3. The molecule has 774 valence electrons. The maximum Gasteiger partial charge on any atom is 0.243 e. The van der Waals surface area contributed by atoms with Crippen molar-refractivity contribution in [2.45, 2.75) is 295 Å². The molecule has 0 fully saturated rings. The number of rotatable bonds is 66. The fraction of sp³-hybridized carbons (Fsp3) is 0.598. The predicted molar refractivity (Wildman–Crippen MR) is 521 cm³/mol. The zero-order valence-electron chi connectivity index (χ0n) is 81.3. The molecule has 3 aromatic carbocycles. The molecule has 139 heavy (non-hydrogen) atoms. The van der Waals surface area contributed by atoms with E-state index in [-0.39, 0.29) is 152 Å². The lowest BCUT2D eigenvalue weighted by molar-refractivity contribution is -0.137. The molecule has 0 spiro atoms. The first kappa shape index (κ1) is 119. The number of unbranched alkanes of at least 4 members (excludes halogenated alkanes) is 3. The normalized spacial score (nSPS) is 14.9. The second kappa shape index (κ2) is 63.6. The summed E-state index contributed by atoms with van der Waals surface area (Å²) < 4.78 is 0. The van der Waals surface area contributed by atoms with Crippen LogP contribution in [0.15, 0.2) is 72.8 Å². The van der Waals surface area contributed by atoms with Crippen LogP contribution in [0.4, 0.5) is 0 Å². The van der Waals surface area contributed by atoms with Gasteiger partial charge in [0.2, 0.25) is 94.5 Å². The van der Waals surface area contributed by atoms with Gasteiger partial charge in [-0.3, -0.25) is 92.9 Å². The van der Waals surface area contributed by atoms with Gasteiger partial charge in [0, 0.05) is 45.8 Å². The minimum atomic E-state index is -1.57. The van der Waals surface area contributed by atoms with Crippen LogP contribution < -0.4 is 136 Å². The number of nitrogens with two attached hydrogens (primary N) is 7. The van der Waals surface area contributed by atoms with Crippen LogP contribution in [0.1, 0.15) is 202 Å². The second-order valence-electron chi connectivity index (χ2n) is 34.9. The van der Waals surface area contributed by atoms with Gasteiger partial charge in [-0.15, -0.1) is 0 Å². The van der Waals surface area contributed by atoms with E-state index in [4.69, 9.17) is 56.4 Å². The Morgan fingerprint density at radius 2 is 0.482 bits per heavy atom. The van der Waals surface area contributed by atoms with Crippen LogP contribution in [0.5, 0.6) is 17.2 Å². The fourth-order valence-electron chi connectivity index (χ4n) is 14.4. The number of aromatic hydroxyl groups is 3. The Kier molecular flexibility index (Phi) is 54.7. The molecule has 38 N–H and O–H groups in total. The number of amides is 16. The lowest BCUT2D eigenvalue weighted by atomic mass is 9.97. The van der Waals surface area contributed by atoms with Crippen LogP contribution in [-0.4, -0.2) is 258 Å². The minimum absolute atomic E-state index is 0.00120. The summed E-state index contributed by atoms with van der Waals surface area (Å²) in [7, 11) is 0. The number of nitrogens with one attached hydrogen (secondary N) is 21. The smallest absolute Gasteiger partial charge is 0.243 e. The molecule has 0 saturated carbocycles. The average Bonchev–Trinajstić information content (AvgIpc) is 0.836. The van der Waals surface area contributed by atoms with Crippen molar-refractivity contribution in [2.24, 2.45) is 57.9 Å².